The SMILES string of the molecule is CN1Cc2cc(N3CCOCC3)ccc2C(C)(c2cc3ccccc3[nH]2)C1. The van der Waals surface area contributed by atoms with E-state index in [0.29, 0.717) is 0 Å². The van der Waals surface area contributed by atoms with Crippen LogP contribution in [0.2, 0.25) is 0 Å². The van der Waals surface area contributed by atoms with Gasteiger partial charge < -0.3 is 19.5 Å². The summed E-state index contributed by atoms with van der Waals surface area (Å²) in [6, 6.07) is 17.9. The molecule has 27 heavy (non-hydrogen) atoms. The Balaban J connectivity index is 1.58. The van der Waals surface area contributed by atoms with Crippen molar-refractivity contribution in [3.8, 4) is 0 Å². The van der Waals surface area contributed by atoms with Crippen LogP contribution in [0.25, 0.3) is 10.9 Å². The van der Waals surface area contributed by atoms with Gasteiger partial charge in [0.1, 0.15) is 0 Å². The van der Waals surface area contributed by atoms with Gasteiger partial charge in [0.2, 0.25) is 0 Å². The monoisotopic (exact) mass is 361 g/mol. The van der Waals surface area contributed by atoms with Crippen LogP contribution in [0.1, 0.15) is 23.7 Å². The van der Waals surface area contributed by atoms with Crippen LogP contribution >= 0.6 is 0 Å². The minimum atomic E-state index is -0.0368. The molecule has 0 bridgehead atoms. The summed E-state index contributed by atoms with van der Waals surface area (Å²) in [7, 11) is 2.23. The van der Waals surface area contributed by atoms with Crippen molar-refractivity contribution in [3.63, 3.8) is 0 Å². The molecule has 2 aromatic carbocycles. The van der Waals surface area contributed by atoms with Gasteiger partial charge >= 0.3 is 0 Å². The van der Waals surface area contributed by atoms with Gasteiger partial charge in [-0.05, 0) is 54.8 Å². The van der Waals surface area contributed by atoms with Gasteiger partial charge in [0.05, 0.1) is 13.2 Å². The predicted molar refractivity (Wildman–Crippen MR) is 111 cm³/mol. The molecule has 3 aromatic rings. The summed E-state index contributed by atoms with van der Waals surface area (Å²) < 4.78 is 5.52. The predicted octanol–water partition coefficient (Wildman–Crippen LogP) is 3.76. The fourth-order valence-corrected chi connectivity index (χ4v) is 4.84. The maximum Gasteiger partial charge on any atom is 0.0642 e. The first-order chi connectivity index (χ1) is 13.1. The lowest BCUT2D eigenvalue weighted by Gasteiger charge is -2.41. The molecule has 0 saturated carbocycles. The number of hydrogen-bond donors (Lipinski definition) is 1. The van der Waals surface area contributed by atoms with Crippen molar-refractivity contribution in [2.75, 3.05) is 44.8 Å². The number of fused-ring (bicyclic) bond motifs is 2. The van der Waals surface area contributed by atoms with Crippen molar-refractivity contribution in [3.05, 3.63) is 65.4 Å². The van der Waals surface area contributed by atoms with Gasteiger partial charge in [0.25, 0.3) is 0 Å². The number of rotatable bonds is 2. The fourth-order valence-electron chi connectivity index (χ4n) is 4.84. The van der Waals surface area contributed by atoms with Crippen molar-refractivity contribution in [2.45, 2.75) is 18.9 Å². The third kappa shape index (κ3) is 2.84. The summed E-state index contributed by atoms with van der Waals surface area (Å²) in [5.41, 5.74) is 6.69. The average Bonchev–Trinajstić information content (AvgIpc) is 3.13. The van der Waals surface area contributed by atoms with Crippen LogP contribution in [0.5, 0.6) is 0 Å². The first-order valence-corrected chi connectivity index (χ1v) is 9.86. The van der Waals surface area contributed by atoms with Crippen molar-refractivity contribution in [2.24, 2.45) is 0 Å². The van der Waals surface area contributed by atoms with Crippen LogP contribution in [0.4, 0.5) is 5.69 Å². The van der Waals surface area contributed by atoms with E-state index in [4.69, 9.17) is 4.74 Å². The Morgan fingerprint density at radius 2 is 1.85 bits per heavy atom. The van der Waals surface area contributed by atoms with Gasteiger partial charge in [-0.3, -0.25) is 0 Å². The van der Waals surface area contributed by atoms with Crippen LogP contribution in [-0.2, 0) is 16.7 Å². The number of H-pyrrole nitrogens is 1. The lowest BCUT2D eigenvalue weighted by atomic mass is 9.74. The van der Waals surface area contributed by atoms with Gasteiger partial charge in [-0.1, -0.05) is 24.3 Å². The van der Waals surface area contributed by atoms with Crippen molar-refractivity contribution < 1.29 is 4.74 Å². The van der Waals surface area contributed by atoms with E-state index in [-0.39, 0.29) is 5.41 Å². The molecule has 1 saturated heterocycles. The lowest BCUT2D eigenvalue weighted by Crippen LogP contribution is -2.43. The Morgan fingerprint density at radius 3 is 2.67 bits per heavy atom. The Hall–Kier alpha value is -2.30. The van der Waals surface area contributed by atoms with Crippen molar-refractivity contribution in [1.29, 1.82) is 0 Å². The highest BCUT2D eigenvalue weighted by molar-refractivity contribution is 5.81. The highest BCUT2D eigenvalue weighted by Crippen LogP contribution is 2.40. The number of aromatic nitrogens is 1. The standard InChI is InChI=1S/C23H27N3O/c1-23(22-14-17-5-3-4-6-21(17)24-22)16-25(2)15-18-13-19(7-8-20(18)23)26-9-11-27-12-10-26/h3-8,13-14,24H,9-12,15-16H2,1-2H3. The fraction of sp³-hybridized carbons (Fsp3) is 0.391. The van der Waals surface area contributed by atoms with Gasteiger partial charge in [-0.25, -0.2) is 0 Å². The number of hydrogen-bond acceptors (Lipinski definition) is 3. The maximum atomic E-state index is 5.52. The third-order valence-corrected chi connectivity index (χ3v) is 6.21. The number of aromatic amines is 1. The van der Waals surface area contributed by atoms with Crippen LogP contribution in [0.3, 0.4) is 0 Å². The molecule has 1 aromatic heterocycles. The van der Waals surface area contributed by atoms with Gasteiger partial charge in [0, 0.05) is 48.5 Å². The molecule has 0 spiro atoms. The molecule has 0 radical (unpaired) electrons. The second-order valence-corrected chi connectivity index (χ2v) is 8.22. The molecular formula is C23H27N3O. The first-order valence-electron chi connectivity index (χ1n) is 9.86. The Kier molecular flexibility index (Phi) is 3.99. The Bertz CT molecular complexity index is 940. The molecule has 3 heterocycles. The Morgan fingerprint density at radius 1 is 1.04 bits per heavy atom. The smallest absolute Gasteiger partial charge is 0.0642 e. The summed E-state index contributed by atoms with van der Waals surface area (Å²) in [6.07, 6.45) is 0. The van der Waals surface area contributed by atoms with E-state index in [2.05, 4.69) is 77.3 Å². The molecule has 4 heteroatoms. The van der Waals surface area contributed by atoms with E-state index in [1.54, 1.807) is 0 Å². The summed E-state index contributed by atoms with van der Waals surface area (Å²) in [5.74, 6) is 0. The van der Waals surface area contributed by atoms with Crippen LogP contribution in [-0.4, -0.2) is 49.8 Å². The number of nitrogens with one attached hydrogen (secondary N) is 1. The number of benzene rings is 2. The lowest BCUT2D eigenvalue weighted by molar-refractivity contribution is 0.122. The zero-order chi connectivity index (χ0) is 18.4. The van der Waals surface area contributed by atoms with E-state index >= 15 is 0 Å². The quantitative estimate of drug-likeness (QED) is 0.754. The van der Waals surface area contributed by atoms with E-state index in [0.717, 1.165) is 39.4 Å². The zero-order valence-corrected chi connectivity index (χ0v) is 16.2. The molecular weight excluding hydrogens is 334 g/mol. The second kappa shape index (κ2) is 6.39. The minimum absolute atomic E-state index is 0.0368. The zero-order valence-electron chi connectivity index (χ0n) is 16.2. The molecule has 1 N–H and O–H groups in total. The number of para-hydroxylation sites is 1. The maximum absolute atomic E-state index is 5.52. The van der Waals surface area contributed by atoms with Gasteiger partial charge in [-0.2, -0.15) is 0 Å². The summed E-state index contributed by atoms with van der Waals surface area (Å²) in [6.45, 7) is 8.00. The molecule has 5 rings (SSSR count). The largest absolute Gasteiger partial charge is 0.378 e. The number of likely N-dealkylation sites (N-methyl/N-ethyl adjacent to an activating group) is 1. The number of morpholine rings is 1. The van der Waals surface area contributed by atoms with Crippen LogP contribution in [0, 0.1) is 0 Å². The first kappa shape index (κ1) is 16.8. The second-order valence-electron chi connectivity index (χ2n) is 8.22. The number of ether oxygens (including phenoxy) is 1. The third-order valence-electron chi connectivity index (χ3n) is 6.21. The van der Waals surface area contributed by atoms with Crippen molar-refractivity contribution >= 4 is 16.6 Å². The van der Waals surface area contributed by atoms with Crippen LogP contribution in [0.15, 0.2) is 48.5 Å². The van der Waals surface area contributed by atoms with E-state index in [1.165, 1.54) is 33.4 Å². The molecule has 1 atom stereocenters. The summed E-state index contributed by atoms with van der Waals surface area (Å²) in [4.78, 5) is 8.58. The Labute approximate surface area is 160 Å². The van der Waals surface area contributed by atoms with Gasteiger partial charge in [0.15, 0.2) is 0 Å². The number of anilines is 1. The highest BCUT2D eigenvalue weighted by atomic mass is 16.5. The molecule has 0 aliphatic carbocycles. The summed E-state index contributed by atoms with van der Waals surface area (Å²) >= 11 is 0. The normalized spacial score (nSPS) is 23.6. The molecule has 1 fully saturated rings. The molecule has 4 nitrogen and oxygen atoms in total. The van der Waals surface area contributed by atoms with E-state index < -0.39 is 0 Å². The molecule has 2 aliphatic rings. The topological polar surface area (TPSA) is 31.5 Å². The minimum Gasteiger partial charge on any atom is -0.378 e. The molecule has 0 amide bonds. The average molecular weight is 361 g/mol. The molecule has 1 unspecified atom stereocenters. The van der Waals surface area contributed by atoms with Crippen molar-refractivity contribution in [1.82, 2.24) is 9.88 Å². The van der Waals surface area contributed by atoms with E-state index in [1.807, 2.05) is 0 Å². The summed E-state index contributed by atoms with van der Waals surface area (Å²) in [5, 5.41) is 1.29. The van der Waals surface area contributed by atoms with Crippen LogP contribution < -0.4 is 4.90 Å². The molecule has 140 valence electrons. The number of nitrogens with zero attached hydrogens (tertiary/aromatic N) is 2. The van der Waals surface area contributed by atoms with E-state index in [9.17, 15) is 0 Å². The van der Waals surface area contributed by atoms with Gasteiger partial charge in [-0.15, -0.1) is 0 Å². The highest BCUT2D eigenvalue weighted by Gasteiger charge is 2.37. The molecule has 2 aliphatic heterocycles.